The van der Waals surface area contributed by atoms with E-state index in [0.29, 0.717) is 0 Å². The average molecular weight is 284 g/mol. The summed E-state index contributed by atoms with van der Waals surface area (Å²) in [5.41, 5.74) is 0. The van der Waals surface area contributed by atoms with E-state index in [0.717, 1.165) is 0 Å². The van der Waals surface area contributed by atoms with Crippen LogP contribution in [0.25, 0.3) is 0 Å². The van der Waals surface area contributed by atoms with Crippen molar-refractivity contribution in [2.75, 3.05) is 39.3 Å². The normalized spacial score (nSPS) is 9.94. The molecule has 0 saturated heterocycles. The standard InChI is InChI=1S/2C6H15N.H2O3S/c2*1-4-7(5-2)6-3;1-4(2)3/h2*4-6H2,1-3H3;(H2,1,2,3). The Bertz CT molecular complexity index is 136. The fourth-order valence-corrected chi connectivity index (χ4v) is 1.50. The van der Waals surface area contributed by atoms with Gasteiger partial charge in [-0.1, -0.05) is 0 Å². The Morgan fingerprint density at radius 1 is 0.667 bits per heavy atom. The lowest BCUT2D eigenvalue weighted by molar-refractivity contribution is -0.894. The van der Waals surface area contributed by atoms with Gasteiger partial charge in [0, 0.05) is 0 Å². The van der Waals surface area contributed by atoms with Crippen LogP contribution >= 0.6 is 0 Å². The van der Waals surface area contributed by atoms with E-state index >= 15 is 0 Å². The van der Waals surface area contributed by atoms with E-state index in [1.807, 2.05) is 0 Å². The number of quaternary nitrogens is 2. The van der Waals surface area contributed by atoms with Gasteiger partial charge in [-0.05, 0) is 41.5 Å². The van der Waals surface area contributed by atoms with E-state index in [1.54, 1.807) is 9.80 Å². The van der Waals surface area contributed by atoms with Gasteiger partial charge < -0.3 is 18.9 Å². The number of hydrogen-bond acceptors (Lipinski definition) is 3. The molecule has 0 spiro atoms. The highest BCUT2D eigenvalue weighted by molar-refractivity contribution is 7.72. The number of hydrogen-bond donors (Lipinski definition) is 2. The molecule has 0 bridgehead atoms. The van der Waals surface area contributed by atoms with Crippen LogP contribution in [0.5, 0.6) is 0 Å². The molecule has 0 aliphatic carbocycles. The summed E-state index contributed by atoms with van der Waals surface area (Å²) in [4.78, 5) is 3.36. The van der Waals surface area contributed by atoms with E-state index in [-0.39, 0.29) is 0 Å². The molecule has 6 heteroatoms. The smallest absolute Gasteiger partial charge is 0.0742 e. The van der Waals surface area contributed by atoms with Gasteiger partial charge in [-0.15, -0.1) is 11.4 Å². The van der Waals surface area contributed by atoms with Gasteiger partial charge in [-0.3, -0.25) is 4.21 Å². The zero-order valence-corrected chi connectivity index (χ0v) is 13.7. The van der Waals surface area contributed by atoms with E-state index in [2.05, 4.69) is 41.5 Å². The van der Waals surface area contributed by atoms with Gasteiger partial charge in [0.15, 0.2) is 0 Å². The summed E-state index contributed by atoms with van der Waals surface area (Å²) in [7, 11) is 0. The van der Waals surface area contributed by atoms with Crippen LogP contribution in [0.3, 0.4) is 0 Å². The van der Waals surface area contributed by atoms with Crippen LogP contribution < -0.4 is 9.80 Å². The molecule has 0 aromatic carbocycles. The Morgan fingerprint density at radius 3 is 0.778 bits per heavy atom. The van der Waals surface area contributed by atoms with Gasteiger partial charge in [0.05, 0.1) is 39.3 Å². The molecule has 18 heavy (non-hydrogen) atoms. The van der Waals surface area contributed by atoms with E-state index in [9.17, 15) is 0 Å². The quantitative estimate of drug-likeness (QED) is 0.606. The predicted molar refractivity (Wildman–Crippen MR) is 74.9 cm³/mol. The summed E-state index contributed by atoms with van der Waals surface area (Å²) in [6, 6.07) is 0. The fourth-order valence-electron chi connectivity index (χ4n) is 1.50. The second-order valence-corrected chi connectivity index (χ2v) is 4.23. The molecule has 0 amide bonds. The molecule has 0 unspecified atom stereocenters. The van der Waals surface area contributed by atoms with E-state index < -0.39 is 11.4 Å². The minimum Gasteiger partial charge on any atom is -0.784 e. The maximum atomic E-state index is 8.44. The van der Waals surface area contributed by atoms with Crippen molar-refractivity contribution in [3.8, 4) is 0 Å². The summed E-state index contributed by atoms with van der Waals surface area (Å²) in [6.45, 7) is 21.0. The molecule has 0 fully saturated rings. The summed E-state index contributed by atoms with van der Waals surface area (Å²) >= 11 is -3.11. The van der Waals surface area contributed by atoms with Gasteiger partial charge in [0.25, 0.3) is 0 Å². The third-order valence-corrected chi connectivity index (χ3v) is 3.00. The number of rotatable bonds is 6. The van der Waals surface area contributed by atoms with Crippen LogP contribution in [0, 0.1) is 0 Å². The molecule has 0 aromatic rings. The highest BCUT2D eigenvalue weighted by atomic mass is 32.2. The summed E-state index contributed by atoms with van der Waals surface area (Å²) in [5.74, 6) is 0. The molecule has 0 rings (SSSR count). The number of nitrogens with one attached hydrogen (secondary N) is 2. The van der Waals surface area contributed by atoms with Gasteiger partial charge in [0.2, 0.25) is 0 Å². The minimum atomic E-state index is -3.11. The zero-order chi connectivity index (χ0) is 15.0. The molecule has 0 radical (unpaired) electrons. The maximum absolute atomic E-state index is 8.44. The lowest BCUT2D eigenvalue weighted by atomic mass is 10.5. The first-order chi connectivity index (χ1) is 8.42. The second-order valence-electron chi connectivity index (χ2n) is 3.83. The largest absolute Gasteiger partial charge is 0.784 e. The van der Waals surface area contributed by atoms with Crippen LogP contribution in [0.2, 0.25) is 0 Å². The van der Waals surface area contributed by atoms with Crippen molar-refractivity contribution in [1.29, 1.82) is 0 Å². The Morgan fingerprint density at radius 2 is 0.778 bits per heavy atom. The molecule has 0 aliphatic rings. The first kappa shape index (κ1) is 23.1. The second kappa shape index (κ2) is 19.3. The lowest BCUT2D eigenvalue weighted by Gasteiger charge is -2.10. The molecular formula is C12H32N2O3S. The van der Waals surface area contributed by atoms with Gasteiger partial charge in [0.1, 0.15) is 0 Å². The van der Waals surface area contributed by atoms with Crippen molar-refractivity contribution < 1.29 is 23.1 Å². The summed E-state index contributed by atoms with van der Waals surface area (Å²) in [5, 5.41) is 0. The molecule has 5 nitrogen and oxygen atoms in total. The Hall–Kier alpha value is -0.0100. The molecule has 2 N–H and O–H groups in total. The molecule has 0 saturated carbocycles. The van der Waals surface area contributed by atoms with E-state index in [1.165, 1.54) is 39.3 Å². The fraction of sp³-hybridized carbons (Fsp3) is 1.00. The third-order valence-electron chi connectivity index (χ3n) is 3.00. The van der Waals surface area contributed by atoms with Gasteiger partial charge >= 0.3 is 0 Å². The molecular weight excluding hydrogens is 252 g/mol. The minimum absolute atomic E-state index is 1.27. The Labute approximate surface area is 116 Å². The van der Waals surface area contributed by atoms with Crippen LogP contribution in [-0.2, 0) is 11.4 Å². The summed E-state index contributed by atoms with van der Waals surface area (Å²) in [6.07, 6.45) is 0. The van der Waals surface area contributed by atoms with Crippen LogP contribution in [0.15, 0.2) is 0 Å². The third kappa shape index (κ3) is 25.0. The van der Waals surface area contributed by atoms with Gasteiger partial charge in [-0.2, -0.15) is 0 Å². The SMILES string of the molecule is CC[NH+](CC)CC.CC[NH+](CC)CC.O=S([O-])[O-]. The highest BCUT2D eigenvalue weighted by Gasteiger charge is 1.93. The highest BCUT2D eigenvalue weighted by Crippen LogP contribution is 1.46. The Kier molecular flexibility index (Phi) is 24.8. The van der Waals surface area contributed by atoms with E-state index in [4.69, 9.17) is 13.3 Å². The molecule has 0 heterocycles. The topological polar surface area (TPSA) is 72.1 Å². The van der Waals surface area contributed by atoms with Crippen LogP contribution in [-0.4, -0.2) is 52.6 Å². The average Bonchev–Trinajstić information content (AvgIpc) is 2.34. The van der Waals surface area contributed by atoms with Crippen LogP contribution in [0.1, 0.15) is 41.5 Å². The van der Waals surface area contributed by atoms with Crippen molar-refractivity contribution in [3.63, 3.8) is 0 Å². The van der Waals surface area contributed by atoms with Crippen molar-refractivity contribution in [1.82, 2.24) is 0 Å². The Balaban J connectivity index is -0.000000196. The van der Waals surface area contributed by atoms with Crippen LogP contribution in [0.4, 0.5) is 0 Å². The van der Waals surface area contributed by atoms with Crippen molar-refractivity contribution in [2.24, 2.45) is 0 Å². The molecule has 0 aromatic heterocycles. The molecule has 0 atom stereocenters. The van der Waals surface area contributed by atoms with Crippen molar-refractivity contribution in [2.45, 2.75) is 41.5 Å². The zero-order valence-electron chi connectivity index (χ0n) is 12.9. The lowest BCUT2D eigenvalue weighted by Crippen LogP contribution is -3.11. The van der Waals surface area contributed by atoms with Gasteiger partial charge in [-0.25, -0.2) is 0 Å². The first-order valence-corrected chi connectivity index (χ1v) is 7.86. The first-order valence-electron chi connectivity index (χ1n) is 6.86. The molecule has 114 valence electrons. The predicted octanol–water partition coefficient (Wildman–Crippen LogP) is -1.14. The summed E-state index contributed by atoms with van der Waals surface area (Å²) < 4.78 is 25.3. The molecule has 0 aliphatic heterocycles. The van der Waals surface area contributed by atoms with Crippen molar-refractivity contribution >= 4 is 11.4 Å². The monoisotopic (exact) mass is 284 g/mol. The van der Waals surface area contributed by atoms with Crippen molar-refractivity contribution in [3.05, 3.63) is 0 Å². The maximum Gasteiger partial charge on any atom is 0.0742 e.